The van der Waals surface area contributed by atoms with Crippen molar-refractivity contribution in [2.24, 2.45) is 7.05 Å². The van der Waals surface area contributed by atoms with Gasteiger partial charge < -0.3 is 12.6 Å². The number of nitrogens with zero attached hydrogens (tertiary/aromatic N) is 2. The second-order valence-electron chi connectivity index (χ2n) is 2.61. The van der Waals surface area contributed by atoms with Crippen LogP contribution in [0, 0.1) is 0 Å². The van der Waals surface area contributed by atoms with E-state index < -0.39 is 0 Å². The summed E-state index contributed by atoms with van der Waals surface area (Å²) in [6.45, 7) is 0. The van der Waals surface area contributed by atoms with Crippen molar-refractivity contribution in [3.63, 3.8) is 0 Å². The smallest absolute Gasteiger partial charge is 0.0937 e. The van der Waals surface area contributed by atoms with Crippen LogP contribution < -0.4 is 0 Å². The maximum absolute atomic E-state index is 5.98. The van der Waals surface area contributed by atoms with Crippen LogP contribution in [0.2, 0.25) is 5.02 Å². The fraction of sp³-hybridized carbons (Fsp3) is 0.125. The Bertz CT molecular complexity index is 436. The van der Waals surface area contributed by atoms with Gasteiger partial charge in [0.15, 0.2) is 0 Å². The van der Waals surface area contributed by atoms with Crippen molar-refractivity contribution in [2.75, 3.05) is 0 Å². The number of rotatable bonds is 0. The predicted molar refractivity (Wildman–Crippen MR) is 51.4 cm³/mol. The summed E-state index contributed by atoms with van der Waals surface area (Å²) < 4.78 is 1.73. The molecule has 2 rings (SSSR count). The van der Waals surface area contributed by atoms with Crippen molar-refractivity contribution in [3.05, 3.63) is 23.4 Å². The van der Waals surface area contributed by atoms with Gasteiger partial charge in [-0.15, -0.1) is 0 Å². The Morgan fingerprint density at radius 1 is 1.50 bits per heavy atom. The van der Waals surface area contributed by atoms with Crippen LogP contribution in [0.5, 0.6) is 0 Å². The lowest BCUT2D eigenvalue weighted by Gasteiger charge is -2.06. The summed E-state index contributed by atoms with van der Waals surface area (Å²) in [6.07, 6.45) is 1.87. The van der Waals surface area contributed by atoms with Crippen LogP contribution in [-0.4, -0.2) is 9.78 Å². The predicted octanol–water partition coefficient (Wildman–Crippen LogP) is 2.13. The molecule has 0 spiro atoms. The molecule has 12 heavy (non-hydrogen) atoms. The zero-order valence-electron chi connectivity index (χ0n) is 6.41. The van der Waals surface area contributed by atoms with E-state index >= 15 is 0 Å². The van der Waals surface area contributed by atoms with Crippen LogP contribution in [0.3, 0.4) is 0 Å². The Balaban J connectivity index is 2.89. The molecule has 4 heteroatoms. The Kier molecular flexibility index (Phi) is 1.70. The fourth-order valence-electron chi connectivity index (χ4n) is 1.16. The number of hydrogen-bond acceptors (Lipinski definition) is 2. The minimum atomic E-state index is 0.621. The molecule has 2 aromatic rings. The first kappa shape index (κ1) is 7.83. The first-order valence-electron chi connectivity index (χ1n) is 3.47. The van der Waals surface area contributed by atoms with Crippen molar-refractivity contribution in [3.8, 4) is 0 Å². The molecule has 0 aliphatic rings. The molecule has 0 N–H and O–H groups in total. The van der Waals surface area contributed by atoms with E-state index in [4.69, 9.17) is 24.2 Å². The lowest BCUT2D eigenvalue weighted by molar-refractivity contribution is 0.780. The minimum absolute atomic E-state index is 0.621. The maximum atomic E-state index is 5.98. The van der Waals surface area contributed by atoms with Gasteiger partial charge in [-0.3, -0.25) is 4.68 Å². The molecule has 0 amide bonds. The first-order valence-corrected chi connectivity index (χ1v) is 4.26. The highest BCUT2D eigenvalue weighted by atomic mass is 35.5. The lowest BCUT2D eigenvalue weighted by Crippen LogP contribution is -1.84. The van der Waals surface area contributed by atoms with Crippen LogP contribution in [0.1, 0.15) is 0 Å². The highest BCUT2D eigenvalue weighted by molar-refractivity contribution is 7.59. The van der Waals surface area contributed by atoms with Crippen molar-refractivity contribution >= 4 is 35.1 Å². The Morgan fingerprint density at radius 2 is 2.25 bits per heavy atom. The van der Waals surface area contributed by atoms with E-state index in [2.05, 4.69) is 5.10 Å². The molecule has 0 aliphatic carbocycles. The van der Waals surface area contributed by atoms with E-state index in [-0.39, 0.29) is 0 Å². The molecule has 0 radical (unpaired) electrons. The van der Waals surface area contributed by atoms with E-state index in [9.17, 15) is 0 Å². The van der Waals surface area contributed by atoms with Crippen molar-refractivity contribution in [1.82, 2.24) is 9.78 Å². The van der Waals surface area contributed by atoms with E-state index in [1.165, 1.54) is 0 Å². The largest absolute Gasteiger partial charge is 0.778 e. The average molecular weight is 198 g/mol. The molecule has 0 unspecified atom stereocenters. The number of hydrogen-bond donors (Lipinski definition) is 0. The molecular formula is C8H6ClN2S-. The molecule has 0 atom stereocenters. The topological polar surface area (TPSA) is 17.8 Å². The van der Waals surface area contributed by atoms with Gasteiger partial charge in [-0.1, -0.05) is 17.7 Å². The summed E-state index contributed by atoms with van der Waals surface area (Å²) in [5, 5.41) is 5.74. The summed E-state index contributed by atoms with van der Waals surface area (Å²) in [7, 11) is 1.86. The molecule has 0 bridgehead atoms. The molecule has 0 saturated carbocycles. The molecule has 1 aromatic carbocycles. The highest BCUT2D eigenvalue weighted by Crippen LogP contribution is 2.25. The monoisotopic (exact) mass is 197 g/mol. The van der Waals surface area contributed by atoms with Crippen molar-refractivity contribution in [1.29, 1.82) is 0 Å². The number of aromatic nitrogens is 2. The molecule has 2 nitrogen and oxygen atoms in total. The highest BCUT2D eigenvalue weighted by Gasteiger charge is 2.01. The van der Waals surface area contributed by atoms with Gasteiger partial charge in [0.2, 0.25) is 0 Å². The summed E-state index contributed by atoms with van der Waals surface area (Å²) in [5.74, 6) is 0. The molecular weight excluding hydrogens is 192 g/mol. The molecule has 0 saturated heterocycles. The van der Waals surface area contributed by atoms with Crippen molar-refractivity contribution < 1.29 is 0 Å². The Labute approximate surface area is 80.5 Å². The van der Waals surface area contributed by atoms with Crippen LogP contribution >= 0.6 is 11.6 Å². The van der Waals surface area contributed by atoms with Gasteiger partial charge in [0.25, 0.3) is 0 Å². The first-order chi connectivity index (χ1) is 5.68. The molecule has 0 fully saturated rings. The Morgan fingerprint density at radius 3 is 3.00 bits per heavy atom. The van der Waals surface area contributed by atoms with Crippen LogP contribution in [0.25, 0.3) is 10.9 Å². The zero-order chi connectivity index (χ0) is 8.72. The van der Waals surface area contributed by atoms with Crippen molar-refractivity contribution in [2.45, 2.75) is 4.90 Å². The SMILES string of the molecule is Cn1cc2c(Cl)c([S-])ccc2n1. The van der Waals surface area contributed by atoms with Gasteiger partial charge in [0.1, 0.15) is 0 Å². The summed E-state index contributed by atoms with van der Waals surface area (Å²) >= 11 is 11.0. The van der Waals surface area contributed by atoms with Crippen LogP contribution in [-0.2, 0) is 19.7 Å². The molecule has 0 aliphatic heterocycles. The van der Waals surface area contributed by atoms with E-state index in [1.807, 2.05) is 19.3 Å². The maximum Gasteiger partial charge on any atom is 0.0937 e. The van der Waals surface area contributed by atoms with E-state index in [0.29, 0.717) is 9.92 Å². The van der Waals surface area contributed by atoms with Gasteiger partial charge in [-0.25, -0.2) is 0 Å². The third kappa shape index (κ3) is 1.06. The normalized spacial score (nSPS) is 10.8. The van der Waals surface area contributed by atoms with Gasteiger partial charge in [-0.2, -0.15) is 9.99 Å². The quantitative estimate of drug-likeness (QED) is 0.603. The summed E-state index contributed by atoms with van der Waals surface area (Å²) in [5.41, 5.74) is 0.885. The molecule has 1 aromatic heterocycles. The summed E-state index contributed by atoms with van der Waals surface area (Å²) in [4.78, 5) is 0.678. The summed E-state index contributed by atoms with van der Waals surface area (Å²) in [6, 6.07) is 3.68. The number of halogens is 1. The zero-order valence-corrected chi connectivity index (χ0v) is 7.99. The average Bonchev–Trinajstić information content (AvgIpc) is 2.39. The number of fused-ring (bicyclic) bond motifs is 1. The number of benzene rings is 1. The lowest BCUT2D eigenvalue weighted by atomic mass is 10.2. The van der Waals surface area contributed by atoms with Crippen LogP contribution in [0.15, 0.2) is 23.2 Å². The number of aryl methyl sites for hydroxylation is 1. The third-order valence-corrected chi connectivity index (χ3v) is 2.56. The van der Waals surface area contributed by atoms with Gasteiger partial charge >= 0.3 is 0 Å². The second kappa shape index (κ2) is 2.61. The van der Waals surface area contributed by atoms with Gasteiger partial charge in [-0.05, 0) is 6.07 Å². The second-order valence-corrected chi connectivity index (χ2v) is 3.43. The minimum Gasteiger partial charge on any atom is -0.778 e. The standard InChI is InChI=1S/C8H7ClN2S/c1-11-4-5-6(10-11)2-3-7(12)8(5)9/h2-4,12H,1H3/p-1. The molecule has 62 valence electrons. The van der Waals surface area contributed by atoms with Gasteiger partial charge in [0, 0.05) is 23.7 Å². The van der Waals surface area contributed by atoms with Gasteiger partial charge in [0.05, 0.1) is 5.52 Å². The Hall–Kier alpha value is -0.800. The van der Waals surface area contributed by atoms with E-state index in [0.717, 1.165) is 10.9 Å². The molecule has 1 heterocycles. The third-order valence-electron chi connectivity index (χ3n) is 1.70. The van der Waals surface area contributed by atoms with Crippen LogP contribution in [0.4, 0.5) is 0 Å². The fourth-order valence-corrected chi connectivity index (χ4v) is 1.54. The van der Waals surface area contributed by atoms with E-state index in [1.54, 1.807) is 10.7 Å².